The van der Waals surface area contributed by atoms with E-state index in [2.05, 4.69) is 52.9 Å². The lowest BCUT2D eigenvalue weighted by Gasteiger charge is -2.44. The predicted molar refractivity (Wildman–Crippen MR) is 129 cm³/mol. The summed E-state index contributed by atoms with van der Waals surface area (Å²) in [6.45, 7) is 7.17. The number of amides is 2. The number of nitrogens with zero attached hydrogens (tertiary/aromatic N) is 2. The second kappa shape index (κ2) is 8.67. The quantitative estimate of drug-likeness (QED) is 0.547. The molecule has 5 rings (SSSR count). The summed E-state index contributed by atoms with van der Waals surface area (Å²) in [4.78, 5) is 23.7. The van der Waals surface area contributed by atoms with Crippen molar-refractivity contribution in [3.8, 4) is 16.9 Å². The summed E-state index contributed by atoms with van der Waals surface area (Å²) in [5, 5.41) is 2.41. The number of hydroxylamine groups is 1. The normalized spacial score (nSPS) is 17.2. The molecule has 6 nitrogen and oxygen atoms in total. The van der Waals surface area contributed by atoms with E-state index in [-0.39, 0.29) is 17.7 Å². The van der Waals surface area contributed by atoms with Crippen molar-refractivity contribution in [3.63, 3.8) is 0 Å². The third-order valence-electron chi connectivity index (χ3n) is 6.88. The van der Waals surface area contributed by atoms with Crippen molar-refractivity contribution in [2.24, 2.45) is 0 Å². The van der Waals surface area contributed by atoms with Gasteiger partial charge in [0.25, 0.3) is 0 Å². The first-order valence-electron chi connectivity index (χ1n) is 11.8. The number of benzene rings is 2. The van der Waals surface area contributed by atoms with Gasteiger partial charge in [-0.2, -0.15) is 0 Å². The Bertz CT molecular complexity index is 1180. The molecule has 2 aliphatic rings. The predicted octanol–water partition coefficient (Wildman–Crippen LogP) is 5.42. The fourth-order valence-corrected chi connectivity index (χ4v) is 4.91. The fourth-order valence-electron chi connectivity index (χ4n) is 4.91. The highest BCUT2D eigenvalue weighted by Gasteiger charge is 2.40. The van der Waals surface area contributed by atoms with Gasteiger partial charge in [-0.15, -0.1) is 0 Å². The molecule has 1 spiro atoms. The molecule has 0 saturated carbocycles. The third kappa shape index (κ3) is 4.40. The molecule has 2 aromatic carbocycles. The molecule has 172 valence electrons. The van der Waals surface area contributed by atoms with Crippen LogP contribution >= 0.6 is 0 Å². The highest BCUT2D eigenvalue weighted by Crippen LogP contribution is 2.41. The van der Waals surface area contributed by atoms with E-state index in [9.17, 15) is 4.79 Å². The van der Waals surface area contributed by atoms with Crippen LogP contribution in [0.4, 0.5) is 4.79 Å². The van der Waals surface area contributed by atoms with Gasteiger partial charge in [0, 0.05) is 43.2 Å². The Morgan fingerprint density at radius 2 is 1.85 bits per heavy atom. The zero-order valence-electron chi connectivity index (χ0n) is 19.6. The Morgan fingerprint density at radius 3 is 2.64 bits per heavy atom. The average molecular weight is 446 g/mol. The van der Waals surface area contributed by atoms with Crippen molar-refractivity contribution in [1.82, 2.24) is 15.4 Å². The smallest absolute Gasteiger partial charge is 0.341 e. The number of urea groups is 1. The zero-order chi connectivity index (χ0) is 23.0. The number of piperidine rings is 1. The Kier molecular flexibility index (Phi) is 5.71. The Labute approximate surface area is 194 Å². The number of hydrogen-bond acceptors (Lipinski definition) is 4. The molecule has 0 unspecified atom stereocenters. The minimum absolute atomic E-state index is 0.0381. The summed E-state index contributed by atoms with van der Waals surface area (Å²) in [6, 6.07) is 15.0. The van der Waals surface area contributed by atoms with Crippen LogP contribution in [0.25, 0.3) is 21.9 Å². The number of rotatable bonds is 3. The van der Waals surface area contributed by atoms with E-state index in [1.807, 2.05) is 31.9 Å². The number of carbonyl (C=O) groups excluding carboxylic acids is 1. The molecular weight excluding hydrogens is 414 g/mol. The Hall–Kier alpha value is -3.12. The first-order chi connectivity index (χ1) is 15.9. The van der Waals surface area contributed by atoms with Crippen molar-refractivity contribution >= 4 is 16.8 Å². The number of carbonyl (C=O) groups is 1. The number of ether oxygens (including phenoxy) is 1. The van der Waals surface area contributed by atoms with Gasteiger partial charge in [-0.3, -0.25) is 9.82 Å². The number of aryl methyl sites for hydroxylation is 2. The number of hydrogen-bond donors (Lipinski definition) is 1. The number of fused-ring (bicyclic) bond motifs is 2. The highest BCUT2D eigenvalue weighted by molar-refractivity contribution is 5.88. The summed E-state index contributed by atoms with van der Waals surface area (Å²) >= 11 is 0. The molecule has 1 saturated heterocycles. The largest absolute Gasteiger partial charge is 0.487 e. The summed E-state index contributed by atoms with van der Waals surface area (Å²) in [6.07, 6.45) is 5.46. The monoisotopic (exact) mass is 445 g/mol. The fraction of sp³-hybridized carbons (Fsp3) is 0.407. The zero-order valence-corrected chi connectivity index (χ0v) is 19.6. The van der Waals surface area contributed by atoms with Crippen LogP contribution in [0.15, 0.2) is 48.7 Å². The van der Waals surface area contributed by atoms with Crippen molar-refractivity contribution in [2.75, 3.05) is 13.1 Å². The van der Waals surface area contributed by atoms with Crippen molar-refractivity contribution < 1.29 is 14.4 Å². The molecule has 0 atom stereocenters. The van der Waals surface area contributed by atoms with Crippen molar-refractivity contribution in [2.45, 2.75) is 58.2 Å². The topological polar surface area (TPSA) is 63.7 Å². The van der Waals surface area contributed by atoms with E-state index in [1.165, 1.54) is 27.5 Å². The van der Waals surface area contributed by atoms with E-state index >= 15 is 0 Å². The molecule has 2 aliphatic heterocycles. The summed E-state index contributed by atoms with van der Waals surface area (Å²) in [5.74, 6) is 0.979. The molecule has 3 aromatic rings. The van der Waals surface area contributed by atoms with E-state index in [4.69, 9.17) is 9.57 Å². The maximum Gasteiger partial charge on any atom is 0.341 e. The molecule has 2 amide bonds. The molecule has 1 fully saturated rings. The van der Waals surface area contributed by atoms with Gasteiger partial charge >= 0.3 is 6.03 Å². The van der Waals surface area contributed by atoms with Crippen LogP contribution in [0.3, 0.4) is 0 Å². The van der Waals surface area contributed by atoms with Gasteiger partial charge in [-0.25, -0.2) is 10.3 Å². The number of likely N-dealkylation sites (tertiary alicyclic amines) is 1. The second-order valence-corrected chi connectivity index (χ2v) is 9.50. The third-order valence-corrected chi connectivity index (χ3v) is 6.88. The maximum absolute atomic E-state index is 12.3. The van der Waals surface area contributed by atoms with Gasteiger partial charge in [0.1, 0.15) is 11.4 Å². The lowest BCUT2D eigenvalue weighted by atomic mass is 9.82. The van der Waals surface area contributed by atoms with Crippen LogP contribution in [0.2, 0.25) is 0 Å². The van der Waals surface area contributed by atoms with Gasteiger partial charge in [-0.05, 0) is 80.0 Å². The van der Waals surface area contributed by atoms with Gasteiger partial charge in [-0.1, -0.05) is 18.2 Å². The van der Waals surface area contributed by atoms with E-state index in [0.717, 1.165) is 37.1 Å². The summed E-state index contributed by atoms with van der Waals surface area (Å²) in [5.41, 5.74) is 7.09. The van der Waals surface area contributed by atoms with Crippen molar-refractivity contribution in [1.29, 1.82) is 0 Å². The molecule has 3 heterocycles. The van der Waals surface area contributed by atoms with Crippen LogP contribution in [0, 0.1) is 6.92 Å². The molecule has 33 heavy (non-hydrogen) atoms. The Balaban J connectivity index is 1.28. The molecule has 0 radical (unpaired) electrons. The highest BCUT2D eigenvalue weighted by atomic mass is 16.7. The van der Waals surface area contributed by atoms with Crippen LogP contribution in [-0.4, -0.2) is 40.7 Å². The molecule has 0 bridgehead atoms. The van der Waals surface area contributed by atoms with Crippen LogP contribution in [-0.2, 0) is 11.3 Å². The standard InChI is InChI=1S/C27H31N3O3/c1-18(2)33-29-26(31)30-14-11-27(12-15-30)10-8-23-17-21(5-7-25(23)32-27)20-4-6-24-19(3)28-13-9-22(24)16-20/h4-7,9,13,16-18H,8,10-12,14-15H2,1-3H3,(H,29,31). The minimum Gasteiger partial charge on any atom is -0.487 e. The lowest BCUT2D eigenvalue weighted by Crippen LogP contribution is -2.53. The van der Waals surface area contributed by atoms with Gasteiger partial charge in [0.05, 0.1) is 6.10 Å². The number of nitrogens with one attached hydrogen (secondary N) is 1. The van der Waals surface area contributed by atoms with Gasteiger partial charge in [0.2, 0.25) is 0 Å². The van der Waals surface area contributed by atoms with Crippen molar-refractivity contribution in [3.05, 3.63) is 59.9 Å². The molecule has 0 aliphatic carbocycles. The lowest BCUT2D eigenvalue weighted by molar-refractivity contribution is -0.0224. The van der Waals surface area contributed by atoms with Crippen LogP contribution < -0.4 is 10.2 Å². The average Bonchev–Trinajstić information content (AvgIpc) is 2.82. The molecular formula is C27H31N3O3. The van der Waals surface area contributed by atoms with Gasteiger partial charge in [0.15, 0.2) is 0 Å². The first-order valence-corrected chi connectivity index (χ1v) is 11.8. The molecule has 1 N–H and O–H groups in total. The summed E-state index contributed by atoms with van der Waals surface area (Å²) < 4.78 is 6.57. The molecule has 1 aromatic heterocycles. The Morgan fingerprint density at radius 1 is 1.09 bits per heavy atom. The van der Waals surface area contributed by atoms with Crippen LogP contribution in [0.5, 0.6) is 5.75 Å². The van der Waals surface area contributed by atoms with E-state index in [1.54, 1.807) is 0 Å². The van der Waals surface area contributed by atoms with Gasteiger partial charge < -0.3 is 9.64 Å². The minimum atomic E-state index is -0.183. The molecule has 6 heteroatoms. The number of aromatic nitrogens is 1. The van der Waals surface area contributed by atoms with E-state index in [0.29, 0.717) is 13.1 Å². The number of pyridine rings is 1. The summed E-state index contributed by atoms with van der Waals surface area (Å²) in [7, 11) is 0. The first kappa shape index (κ1) is 21.7. The van der Waals surface area contributed by atoms with E-state index < -0.39 is 0 Å². The van der Waals surface area contributed by atoms with Crippen LogP contribution in [0.1, 0.15) is 44.4 Å². The SMILES string of the molecule is Cc1nccc2cc(-c3ccc4c(c3)CCC3(CCN(C(=O)NOC(C)C)CC3)O4)ccc12. The second-order valence-electron chi connectivity index (χ2n) is 9.50. The maximum atomic E-state index is 12.3.